The van der Waals surface area contributed by atoms with Crippen molar-refractivity contribution in [1.29, 1.82) is 0 Å². The van der Waals surface area contributed by atoms with E-state index in [0.717, 1.165) is 12.8 Å². The van der Waals surface area contributed by atoms with Gasteiger partial charge in [-0.05, 0) is 18.8 Å². The number of hydrogen-bond acceptors (Lipinski definition) is 3. The molecule has 1 atom stereocenters. The lowest BCUT2D eigenvalue weighted by Gasteiger charge is -2.10. The molecular formula is C9H17NO3. The van der Waals surface area contributed by atoms with Crippen molar-refractivity contribution in [1.82, 2.24) is 5.32 Å². The summed E-state index contributed by atoms with van der Waals surface area (Å²) in [5.41, 5.74) is 0. The fourth-order valence-electron chi connectivity index (χ4n) is 1.15. The van der Waals surface area contributed by atoms with Gasteiger partial charge in [0.1, 0.15) is 0 Å². The highest BCUT2D eigenvalue weighted by Gasteiger charge is 2.29. The van der Waals surface area contributed by atoms with Gasteiger partial charge in [0.2, 0.25) is 5.91 Å². The molecule has 1 fully saturated rings. The second-order valence-electron chi connectivity index (χ2n) is 3.45. The number of aliphatic hydroxyl groups excluding tert-OH is 1. The van der Waals surface area contributed by atoms with Gasteiger partial charge in [-0.2, -0.15) is 0 Å². The summed E-state index contributed by atoms with van der Waals surface area (Å²) >= 11 is 0. The maximum absolute atomic E-state index is 11.0. The number of methoxy groups -OCH3 is 1. The molecule has 13 heavy (non-hydrogen) atoms. The van der Waals surface area contributed by atoms with Crippen LogP contribution in [0.3, 0.4) is 0 Å². The Balaban J connectivity index is 2.00. The summed E-state index contributed by atoms with van der Waals surface area (Å²) in [5.74, 6) is 0.365. The molecule has 0 spiro atoms. The number of carbonyl (C=O) groups is 1. The summed E-state index contributed by atoms with van der Waals surface area (Å²) in [6.45, 7) is 0.818. The van der Waals surface area contributed by atoms with Crippen LogP contribution in [0.15, 0.2) is 0 Å². The predicted octanol–water partition coefficient (Wildman–Crippen LogP) is -0.0900. The lowest BCUT2D eigenvalue weighted by atomic mass is 10.2. The van der Waals surface area contributed by atoms with E-state index in [1.54, 1.807) is 7.11 Å². The number of rotatable bonds is 6. The first-order valence-corrected chi connectivity index (χ1v) is 4.67. The van der Waals surface area contributed by atoms with Crippen LogP contribution >= 0.6 is 0 Å². The lowest BCUT2D eigenvalue weighted by molar-refractivity contribution is -0.122. The fourth-order valence-corrected chi connectivity index (χ4v) is 1.15. The molecule has 0 heterocycles. The molecule has 0 aromatic heterocycles. The minimum Gasteiger partial charge on any atom is -0.391 e. The largest absolute Gasteiger partial charge is 0.391 e. The Morgan fingerprint density at radius 1 is 1.69 bits per heavy atom. The number of aliphatic hydroxyl groups is 1. The number of carbonyl (C=O) groups excluding carboxylic acids is 1. The van der Waals surface area contributed by atoms with Crippen molar-refractivity contribution in [3.63, 3.8) is 0 Å². The van der Waals surface area contributed by atoms with Crippen LogP contribution in [0.25, 0.3) is 0 Å². The van der Waals surface area contributed by atoms with Crippen LogP contribution in [0.5, 0.6) is 0 Å². The monoisotopic (exact) mass is 187 g/mol. The van der Waals surface area contributed by atoms with Gasteiger partial charge >= 0.3 is 0 Å². The van der Waals surface area contributed by atoms with E-state index in [4.69, 9.17) is 4.74 Å². The van der Waals surface area contributed by atoms with E-state index in [9.17, 15) is 9.90 Å². The van der Waals surface area contributed by atoms with Crippen LogP contribution in [0, 0.1) is 5.92 Å². The highest BCUT2D eigenvalue weighted by Crippen LogP contribution is 2.32. The second-order valence-corrected chi connectivity index (χ2v) is 3.45. The highest BCUT2D eigenvalue weighted by molar-refractivity contribution is 5.75. The molecule has 0 saturated heterocycles. The number of nitrogens with one attached hydrogen (secondary N) is 1. The molecule has 0 bridgehead atoms. The molecule has 0 aromatic rings. The Bertz CT molecular complexity index is 168. The molecule has 4 heteroatoms. The molecule has 0 aromatic carbocycles. The van der Waals surface area contributed by atoms with Gasteiger partial charge < -0.3 is 15.2 Å². The summed E-state index contributed by atoms with van der Waals surface area (Å²) in [6.07, 6.45) is 2.20. The Kier molecular flexibility index (Phi) is 4.18. The van der Waals surface area contributed by atoms with Gasteiger partial charge in [-0.15, -0.1) is 0 Å². The second kappa shape index (κ2) is 5.19. The molecule has 1 amide bonds. The van der Waals surface area contributed by atoms with E-state index >= 15 is 0 Å². The maximum Gasteiger partial charge on any atom is 0.222 e. The van der Waals surface area contributed by atoms with Crippen LogP contribution in [-0.4, -0.2) is 37.4 Å². The maximum atomic E-state index is 11.0. The third-order valence-electron chi connectivity index (χ3n) is 2.21. The quantitative estimate of drug-likeness (QED) is 0.611. The number of amides is 1. The minimum absolute atomic E-state index is 0.0541. The van der Waals surface area contributed by atoms with Crippen molar-refractivity contribution >= 4 is 5.91 Å². The van der Waals surface area contributed by atoms with Crippen molar-refractivity contribution in [2.45, 2.75) is 25.4 Å². The van der Waals surface area contributed by atoms with Crippen molar-refractivity contribution in [2.75, 3.05) is 20.3 Å². The molecule has 1 unspecified atom stereocenters. The van der Waals surface area contributed by atoms with Gasteiger partial charge in [0.05, 0.1) is 12.7 Å². The van der Waals surface area contributed by atoms with Crippen LogP contribution < -0.4 is 5.32 Å². The third-order valence-corrected chi connectivity index (χ3v) is 2.21. The Labute approximate surface area is 78.3 Å². The normalized spacial score (nSPS) is 18.3. The van der Waals surface area contributed by atoms with E-state index in [1.165, 1.54) is 0 Å². The molecule has 1 aliphatic rings. The van der Waals surface area contributed by atoms with E-state index in [0.29, 0.717) is 25.5 Å². The van der Waals surface area contributed by atoms with E-state index < -0.39 is 0 Å². The average molecular weight is 187 g/mol. The molecular weight excluding hydrogens is 170 g/mol. The first-order chi connectivity index (χ1) is 6.24. The SMILES string of the molecule is COCCC(=O)NCC(O)C1CC1. The minimum atomic E-state index is -0.355. The molecule has 1 saturated carbocycles. The third kappa shape index (κ3) is 4.24. The lowest BCUT2D eigenvalue weighted by Crippen LogP contribution is -2.33. The molecule has 1 rings (SSSR count). The Morgan fingerprint density at radius 2 is 2.38 bits per heavy atom. The fraction of sp³-hybridized carbons (Fsp3) is 0.889. The number of ether oxygens (including phenoxy) is 1. The van der Waals surface area contributed by atoms with Gasteiger partial charge in [0.25, 0.3) is 0 Å². The van der Waals surface area contributed by atoms with Crippen molar-refractivity contribution in [3.05, 3.63) is 0 Å². The van der Waals surface area contributed by atoms with E-state index in [2.05, 4.69) is 5.32 Å². The highest BCUT2D eigenvalue weighted by atomic mass is 16.5. The molecule has 0 radical (unpaired) electrons. The zero-order chi connectivity index (χ0) is 9.68. The first-order valence-electron chi connectivity index (χ1n) is 4.67. The Morgan fingerprint density at radius 3 is 2.92 bits per heavy atom. The smallest absolute Gasteiger partial charge is 0.222 e. The van der Waals surface area contributed by atoms with Gasteiger partial charge in [0, 0.05) is 20.1 Å². The predicted molar refractivity (Wildman–Crippen MR) is 48.2 cm³/mol. The zero-order valence-corrected chi connectivity index (χ0v) is 7.95. The molecule has 0 aliphatic heterocycles. The summed E-state index contributed by atoms with van der Waals surface area (Å²) in [6, 6.07) is 0. The first kappa shape index (κ1) is 10.5. The molecule has 2 N–H and O–H groups in total. The van der Waals surface area contributed by atoms with Crippen molar-refractivity contribution in [2.24, 2.45) is 5.92 Å². The zero-order valence-electron chi connectivity index (χ0n) is 7.95. The van der Waals surface area contributed by atoms with E-state index in [-0.39, 0.29) is 12.0 Å². The average Bonchev–Trinajstić information content (AvgIpc) is 2.93. The molecule has 76 valence electrons. The van der Waals surface area contributed by atoms with Crippen LogP contribution in [0.2, 0.25) is 0 Å². The van der Waals surface area contributed by atoms with Gasteiger partial charge in [-0.25, -0.2) is 0 Å². The standard InChI is InChI=1S/C9H17NO3/c1-13-5-4-9(12)10-6-8(11)7-2-3-7/h7-8,11H,2-6H2,1H3,(H,10,12). The van der Waals surface area contributed by atoms with Gasteiger partial charge in [-0.3, -0.25) is 4.79 Å². The van der Waals surface area contributed by atoms with Gasteiger partial charge in [0.15, 0.2) is 0 Å². The summed E-state index contributed by atoms with van der Waals surface area (Å²) in [5, 5.41) is 12.1. The van der Waals surface area contributed by atoms with Crippen LogP contribution in [-0.2, 0) is 9.53 Å². The summed E-state index contributed by atoms with van der Waals surface area (Å²) in [4.78, 5) is 11.0. The summed E-state index contributed by atoms with van der Waals surface area (Å²) < 4.78 is 4.76. The summed E-state index contributed by atoms with van der Waals surface area (Å²) in [7, 11) is 1.56. The van der Waals surface area contributed by atoms with Gasteiger partial charge in [-0.1, -0.05) is 0 Å². The molecule has 1 aliphatic carbocycles. The Hall–Kier alpha value is -0.610. The topological polar surface area (TPSA) is 58.6 Å². The van der Waals surface area contributed by atoms with Crippen LogP contribution in [0.4, 0.5) is 0 Å². The van der Waals surface area contributed by atoms with Crippen LogP contribution in [0.1, 0.15) is 19.3 Å². The van der Waals surface area contributed by atoms with Crippen molar-refractivity contribution < 1.29 is 14.6 Å². The number of hydrogen-bond donors (Lipinski definition) is 2. The van der Waals surface area contributed by atoms with E-state index in [1.807, 2.05) is 0 Å². The molecule has 4 nitrogen and oxygen atoms in total. The van der Waals surface area contributed by atoms with Crippen molar-refractivity contribution in [3.8, 4) is 0 Å².